The van der Waals surface area contributed by atoms with Crippen molar-refractivity contribution in [3.63, 3.8) is 0 Å². The first-order valence-corrected chi connectivity index (χ1v) is 19.2. The Labute approximate surface area is 318 Å². The van der Waals surface area contributed by atoms with E-state index in [9.17, 15) is 0 Å². The van der Waals surface area contributed by atoms with Gasteiger partial charge in [-0.25, -0.2) is 9.97 Å². The molecule has 2 aliphatic rings. The van der Waals surface area contributed by atoms with Gasteiger partial charge in [0, 0.05) is 32.0 Å². The summed E-state index contributed by atoms with van der Waals surface area (Å²) in [5.41, 5.74) is 17.4. The average Bonchev–Trinajstić information content (AvgIpc) is 3.89. The molecule has 1 spiro atoms. The smallest absolute Gasteiger partial charge is 0.160 e. The predicted molar refractivity (Wildman–Crippen MR) is 223 cm³/mol. The zero-order valence-corrected chi connectivity index (χ0v) is 30.1. The topological polar surface area (TPSA) is 25.8 Å². The molecule has 7 aromatic carbocycles. The molecule has 0 radical (unpaired) electrons. The molecular formula is C51H32N2S. The van der Waals surface area contributed by atoms with Crippen LogP contribution in [0.4, 0.5) is 0 Å². The Balaban J connectivity index is 1.24. The number of fused-ring (bicyclic) bond motifs is 10. The van der Waals surface area contributed by atoms with E-state index < -0.39 is 5.41 Å². The molecule has 3 heteroatoms. The first-order chi connectivity index (χ1) is 26.8. The second-order valence-electron chi connectivity index (χ2n) is 14.0. The van der Waals surface area contributed by atoms with Gasteiger partial charge in [0.25, 0.3) is 0 Å². The van der Waals surface area contributed by atoms with Crippen LogP contribution in [0, 0.1) is 0 Å². The van der Waals surface area contributed by atoms with Crippen molar-refractivity contribution >= 4 is 11.3 Å². The molecule has 2 aromatic heterocycles. The van der Waals surface area contributed by atoms with Crippen molar-refractivity contribution in [3.8, 4) is 77.0 Å². The summed E-state index contributed by atoms with van der Waals surface area (Å²) in [6.07, 6.45) is 0. The maximum absolute atomic E-state index is 5.29. The second-order valence-corrected chi connectivity index (χ2v) is 15.1. The van der Waals surface area contributed by atoms with Gasteiger partial charge in [0.1, 0.15) is 0 Å². The summed E-state index contributed by atoms with van der Waals surface area (Å²) in [7, 11) is 0. The molecule has 0 amide bonds. The van der Waals surface area contributed by atoms with E-state index in [2.05, 4.69) is 182 Å². The summed E-state index contributed by atoms with van der Waals surface area (Å²) < 4.78 is 0. The van der Waals surface area contributed by atoms with Crippen molar-refractivity contribution in [2.24, 2.45) is 0 Å². The van der Waals surface area contributed by atoms with E-state index in [1.807, 2.05) is 23.5 Å². The van der Waals surface area contributed by atoms with Gasteiger partial charge >= 0.3 is 0 Å². The van der Waals surface area contributed by atoms with Gasteiger partial charge in [0.05, 0.1) is 16.8 Å². The van der Waals surface area contributed by atoms with E-state index >= 15 is 0 Å². The monoisotopic (exact) mass is 704 g/mol. The molecule has 9 aromatic rings. The third-order valence-corrected chi connectivity index (χ3v) is 12.4. The van der Waals surface area contributed by atoms with E-state index in [4.69, 9.17) is 9.97 Å². The highest BCUT2D eigenvalue weighted by Crippen LogP contribution is 2.68. The van der Waals surface area contributed by atoms with Gasteiger partial charge in [-0.15, -0.1) is 11.3 Å². The van der Waals surface area contributed by atoms with Crippen LogP contribution in [0.5, 0.6) is 0 Å². The lowest BCUT2D eigenvalue weighted by molar-refractivity contribution is 0.799. The fraction of sp³-hybridized carbons (Fsp3) is 0.0196. The Bertz CT molecular complexity index is 2760. The molecule has 0 saturated carbocycles. The van der Waals surface area contributed by atoms with Crippen LogP contribution in [0.15, 0.2) is 194 Å². The molecule has 11 rings (SSSR count). The predicted octanol–water partition coefficient (Wildman–Crippen LogP) is 13.2. The second kappa shape index (κ2) is 12.2. The lowest BCUT2D eigenvalue weighted by Crippen LogP contribution is -2.26. The minimum Gasteiger partial charge on any atom is -0.228 e. The van der Waals surface area contributed by atoms with Gasteiger partial charge in [0.15, 0.2) is 5.82 Å². The molecule has 0 unspecified atom stereocenters. The Morgan fingerprint density at radius 3 is 1.43 bits per heavy atom. The SMILES string of the molecule is c1ccc(-c2cc(-c3ccc4c(c3)C3(c5ccccc5-c5ccccc53)c3c(-c5ccccc5)sc(-c5ccccc5)c3-4)nc(-c3ccccc3)n2)cc1. The van der Waals surface area contributed by atoms with Gasteiger partial charge in [-0.1, -0.05) is 182 Å². The van der Waals surface area contributed by atoms with Crippen LogP contribution in [-0.4, -0.2) is 9.97 Å². The Morgan fingerprint density at radius 2 is 0.833 bits per heavy atom. The lowest BCUT2D eigenvalue weighted by Gasteiger charge is -2.31. The van der Waals surface area contributed by atoms with Crippen LogP contribution in [0.25, 0.3) is 77.0 Å². The maximum Gasteiger partial charge on any atom is 0.160 e. The largest absolute Gasteiger partial charge is 0.228 e. The standard InChI is InChI=1S/C51H32N2S/c1-5-17-33(18-6-1)44-32-45(53-50(52-44)36-23-11-4-12-24-36)37-29-30-40-43(31-37)51(41-27-15-13-25-38(41)39-26-14-16-28-42(39)51)47-46(40)48(34-19-7-2-8-20-34)54-49(47)35-21-9-3-10-22-35/h1-32H. The van der Waals surface area contributed by atoms with E-state index in [-0.39, 0.29) is 0 Å². The minimum atomic E-state index is -0.528. The highest BCUT2D eigenvalue weighted by atomic mass is 32.1. The average molecular weight is 705 g/mol. The van der Waals surface area contributed by atoms with Crippen LogP contribution in [0.2, 0.25) is 0 Å². The molecule has 54 heavy (non-hydrogen) atoms. The Morgan fingerprint density at radius 1 is 0.352 bits per heavy atom. The number of nitrogens with zero attached hydrogens (tertiary/aromatic N) is 2. The van der Waals surface area contributed by atoms with Crippen molar-refractivity contribution in [1.82, 2.24) is 9.97 Å². The molecule has 0 bridgehead atoms. The van der Waals surface area contributed by atoms with E-state index in [0.717, 1.165) is 33.9 Å². The Hall–Kier alpha value is -6.68. The Kier molecular flexibility index (Phi) is 6.98. The summed E-state index contributed by atoms with van der Waals surface area (Å²) >= 11 is 1.92. The van der Waals surface area contributed by atoms with Crippen molar-refractivity contribution < 1.29 is 0 Å². The van der Waals surface area contributed by atoms with Gasteiger partial charge in [0.2, 0.25) is 0 Å². The van der Waals surface area contributed by atoms with Gasteiger partial charge in [-0.3, -0.25) is 0 Å². The van der Waals surface area contributed by atoms with Gasteiger partial charge < -0.3 is 0 Å². The molecule has 2 aliphatic carbocycles. The lowest BCUT2D eigenvalue weighted by atomic mass is 9.69. The summed E-state index contributed by atoms with van der Waals surface area (Å²) in [6.45, 7) is 0. The third kappa shape index (κ3) is 4.52. The number of hydrogen-bond acceptors (Lipinski definition) is 3. The summed E-state index contributed by atoms with van der Waals surface area (Å²) in [6, 6.07) is 70.0. The fourth-order valence-electron chi connectivity index (χ4n) is 8.86. The van der Waals surface area contributed by atoms with E-state index in [0.29, 0.717) is 0 Å². The molecule has 252 valence electrons. The van der Waals surface area contributed by atoms with Crippen LogP contribution < -0.4 is 0 Å². The summed E-state index contributed by atoms with van der Waals surface area (Å²) in [4.78, 5) is 13.0. The number of rotatable bonds is 5. The van der Waals surface area contributed by atoms with Crippen molar-refractivity contribution in [3.05, 3.63) is 216 Å². The van der Waals surface area contributed by atoms with E-state index in [1.54, 1.807) is 0 Å². The molecule has 0 N–H and O–H groups in total. The van der Waals surface area contributed by atoms with Crippen LogP contribution in [-0.2, 0) is 5.41 Å². The van der Waals surface area contributed by atoms with Crippen molar-refractivity contribution in [1.29, 1.82) is 0 Å². The van der Waals surface area contributed by atoms with E-state index in [1.165, 1.54) is 65.4 Å². The molecule has 0 aliphatic heterocycles. The molecule has 0 atom stereocenters. The zero-order valence-electron chi connectivity index (χ0n) is 29.3. The number of aromatic nitrogens is 2. The quantitative estimate of drug-likeness (QED) is 0.178. The third-order valence-electron chi connectivity index (χ3n) is 11.1. The normalized spacial score (nSPS) is 13.0. The van der Waals surface area contributed by atoms with Crippen LogP contribution in [0.1, 0.15) is 22.3 Å². The van der Waals surface area contributed by atoms with Gasteiger partial charge in [-0.2, -0.15) is 0 Å². The molecule has 2 nitrogen and oxygen atoms in total. The van der Waals surface area contributed by atoms with Gasteiger partial charge in [-0.05, 0) is 62.2 Å². The van der Waals surface area contributed by atoms with Crippen molar-refractivity contribution in [2.75, 3.05) is 0 Å². The maximum atomic E-state index is 5.29. The molecule has 0 fully saturated rings. The van der Waals surface area contributed by atoms with Crippen LogP contribution >= 0.6 is 11.3 Å². The zero-order chi connectivity index (χ0) is 35.6. The summed E-state index contributed by atoms with van der Waals surface area (Å²) in [5, 5.41) is 0. The number of thiophene rings is 1. The first-order valence-electron chi connectivity index (χ1n) is 18.4. The molecular weight excluding hydrogens is 673 g/mol. The molecule has 0 saturated heterocycles. The van der Waals surface area contributed by atoms with Crippen molar-refractivity contribution in [2.45, 2.75) is 5.41 Å². The highest BCUT2D eigenvalue weighted by Gasteiger charge is 2.54. The van der Waals surface area contributed by atoms with Crippen LogP contribution in [0.3, 0.4) is 0 Å². The molecule has 2 heterocycles. The number of benzene rings is 7. The highest BCUT2D eigenvalue weighted by molar-refractivity contribution is 7.19. The summed E-state index contributed by atoms with van der Waals surface area (Å²) in [5.74, 6) is 0.718. The first kappa shape index (κ1) is 30.9. The number of hydrogen-bond donors (Lipinski definition) is 0. The minimum absolute atomic E-state index is 0.528. The fourth-order valence-corrected chi connectivity index (χ4v) is 10.2.